The van der Waals surface area contributed by atoms with Gasteiger partial charge in [0.25, 0.3) is 0 Å². The number of fused-ring (bicyclic) bond motifs is 6. The Hall–Kier alpha value is -7.43. The summed E-state index contributed by atoms with van der Waals surface area (Å²) < 4.78 is 6.19. The molecule has 0 unspecified atom stereocenters. The molecule has 2 heterocycles. The highest BCUT2D eigenvalue weighted by Gasteiger charge is 2.16. The topological polar surface area (TPSA) is 51.8 Å². The fourth-order valence-electron chi connectivity index (χ4n) is 7.84. The fraction of sp³-hybridized carbons (Fsp3) is 0. The summed E-state index contributed by atoms with van der Waals surface area (Å²) in [7, 11) is 0. The molecule has 11 aromatic rings. The lowest BCUT2D eigenvalue weighted by atomic mass is 9.96. The zero-order chi connectivity index (χ0) is 36.3. The van der Waals surface area contributed by atoms with Crippen molar-refractivity contribution in [3.8, 4) is 56.4 Å². The van der Waals surface area contributed by atoms with Crippen molar-refractivity contribution in [1.29, 1.82) is 0 Å². The molecule has 0 aliphatic rings. The Morgan fingerprint density at radius 1 is 0.291 bits per heavy atom. The van der Waals surface area contributed by atoms with Gasteiger partial charge in [-0.05, 0) is 91.0 Å². The van der Waals surface area contributed by atoms with Gasteiger partial charge in [-0.3, -0.25) is 0 Å². The van der Waals surface area contributed by atoms with Crippen molar-refractivity contribution in [2.75, 3.05) is 0 Å². The first kappa shape index (κ1) is 31.1. The Morgan fingerprint density at radius 3 is 1.40 bits per heavy atom. The van der Waals surface area contributed by atoms with Gasteiger partial charge in [0.05, 0.1) is 0 Å². The lowest BCUT2D eigenvalue weighted by molar-refractivity contribution is 0.669. The molecule has 0 N–H and O–H groups in total. The van der Waals surface area contributed by atoms with Gasteiger partial charge < -0.3 is 4.42 Å². The summed E-state index contributed by atoms with van der Waals surface area (Å²) in [6.07, 6.45) is 0. The molecule has 0 saturated carbocycles. The molecule has 0 atom stereocenters. The largest absolute Gasteiger partial charge is 0.456 e. The van der Waals surface area contributed by atoms with Crippen molar-refractivity contribution in [3.63, 3.8) is 0 Å². The molecule has 55 heavy (non-hydrogen) atoms. The van der Waals surface area contributed by atoms with E-state index in [-0.39, 0.29) is 0 Å². The third-order valence-corrected chi connectivity index (χ3v) is 10.7. The monoisotopic (exact) mass is 701 g/mol. The maximum absolute atomic E-state index is 6.19. The molecular weight excluding hydrogens is 671 g/mol. The van der Waals surface area contributed by atoms with E-state index in [0.717, 1.165) is 71.5 Å². The minimum absolute atomic E-state index is 0.632. The molecule has 2 aromatic heterocycles. The van der Waals surface area contributed by atoms with Crippen molar-refractivity contribution in [2.45, 2.75) is 0 Å². The predicted octanol–water partition coefficient (Wildman–Crippen LogP) is 13.6. The van der Waals surface area contributed by atoms with E-state index < -0.39 is 0 Å². The second kappa shape index (κ2) is 12.6. The van der Waals surface area contributed by atoms with Gasteiger partial charge in [-0.25, -0.2) is 15.0 Å². The average molecular weight is 702 g/mol. The van der Waals surface area contributed by atoms with Crippen LogP contribution in [0.3, 0.4) is 0 Å². The van der Waals surface area contributed by atoms with Gasteiger partial charge in [0, 0.05) is 27.5 Å². The van der Waals surface area contributed by atoms with Crippen LogP contribution in [0.2, 0.25) is 0 Å². The number of hydrogen-bond acceptors (Lipinski definition) is 4. The molecule has 0 amide bonds. The third kappa shape index (κ3) is 5.51. The van der Waals surface area contributed by atoms with E-state index in [9.17, 15) is 0 Å². The van der Waals surface area contributed by atoms with Crippen LogP contribution in [0.25, 0.3) is 111 Å². The van der Waals surface area contributed by atoms with Crippen LogP contribution in [-0.4, -0.2) is 15.0 Å². The Morgan fingerprint density at radius 2 is 0.727 bits per heavy atom. The van der Waals surface area contributed by atoms with Gasteiger partial charge in [0.1, 0.15) is 11.2 Å². The van der Waals surface area contributed by atoms with E-state index in [0.29, 0.717) is 17.5 Å². The molecule has 4 nitrogen and oxygen atoms in total. The number of aromatic nitrogens is 3. The number of furan rings is 1. The van der Waals surface area contributed by atoms with Crippen LogP contribution < -0.4 is 0 Å². The molecule has 0 saturated heterocycles. The summed E-state index contributed by atoms with van der Waals surface area (Å²) >= 11 is 0. The normalized spacial score (nSPS) is 11.6. The standard InChI is InChI=1S/C51H31N3O/c1-3-10-36-28-38(22-18-32(36)8-1)34-16-20-35(21-17-34)49-52-50(42-26-19-33-9-2-4-11-37(33)30-42)54-51(53-49)43-27-24-39-29-41(25-23-40(39)31-43)44-13-7-15-47-48(44)45-12-5-6-14-46(45)55-47/h1-31H. The zero-order valence-electron chi connectivity index (χ0n) is 29.6. The molecule has 0 aliphatic heterocycles. The van der Waals surface area contributed by atoms with E-state index in [2.05, 4.69) is 170 Å². The van der Waals surface area contributed by atoms with Crippen LogP contribution in [-0.2, 0) is 0 Å². The highest BCUT2D eigenvalue weighted by molar-refractivity contribution is 6.13. The number of benzene rings is 9. The van der Waals surface area contributed by atoms with Crippen molar-refractivity contribution >= 4 is 54.3 Å². The summed E-state index contributed by atoms with van der Waals surface area (Å²) in [6, 6.07) is 66.0. The SMILES string of the molecule is c1ccc2cc(-c3ccc(-c4nc(-c5ccc6ccccc6c5)nc(-c5ccc6cc(-c7cccc8oc9ccccc9c78)ccc6c5)n4)cc3)ccc2c1. The predicted molar refractivity (Wildman–Crippen MR) is 227 cm³/mol. The molecule has 11 rings (SSSR count). The van der Waals surface area contributed by atoms with E-state index in [1.165, 1.54) is 21.7 Å². The minimum atomic E-state index is 0.632. The zero-order valence-corrected chi connectivity index (χ0v) is 29.6. The Bertz CT molecular complexity index is 3270. The minimum Gasteiger partial charge on any atom is -0.456 e. The number of hydrogen-bond donors (Lipinski definition) is 0. The van der Waals surface area contributed by atoms with E-state index >= 15 is 0 Å². The smallest absolute Gasteiger partial charge is 0.164 e. The molecule has 9 aromatic carbocycles. The summed E-state index contributed by atoms with van der Waals surface area (Å²) in [4.78, 5) is 15.3. The van der Waals surface area contributed by atoms with Gasteiger partial charge in [0.15, 0.2) is 17.5 Å². The van der Waals surface area contributed by atoms with E-state index in [4.69, 9.17) is 19.4 Å². The molecule has 0 aliphatic carbocycles. The quantitative estimate of drug-likeness (QED) is 0.179. The van der Waals surface area contributed by atoms with Gasteiger partial charge in [-0.15, -0.1) is 0 Å². The number of rotatable bonds is 5. The van der Waals surface area contributed by atoms with E-state index in [1.54, 1.807) is 0 Å². The van der Waals surface area contributed by atoms with Crippen LogP contribution >= 0.6 is 0 Å². The Balaban J connectivity index is 1.00. The first-order chi connectivity index (χ1) is 27.2. The van der Waals surface area contributed by atoms with Gasteiger partial charge in [-0.2, -0.15) is 0 Å². The van der Waals surface area contributed by atoms with Crippen LogP contribution in [0.1, 0.15) is 0 Å². The van der Waals surface area contributed by atoms with Crippen molar-refractivity contribution in [1.82, 2.24) is 15.0 Å². The van der Waals surface area contributed by atoms with Gasteiger partial charge >= 0.3 is 0 Å². The Kier molecular flexibility index (Phi) is 7.14. The molecule has 0 fully saturated rings. The van der Waals surface area contributed by atoms with Crippen LogP contribution in [0, 0.1) is 0 Å². The third-order valence-electron chi connectivity index (χ3n) is 10.7. The number of nitrogens with zero attached hydrogens (tertiary/aromatic N) is 3. The van der Waals surface area contributed by atoms with E-state index in [1.807, 2.05) is 18.2 Å². The molecular formula is C51H31N3O. The molecule has 0 spiro atoms. The van der Waals surface area contributed by atoms with Crippen molar-refractivity contribution < 1.29 is 4.42 Å². The van der Waals surface area contributed by atoms with Crippen LogP contribution in [0.4, 0.5) is 0 Å². The lowest BCUT2D eigenvalue weighted by Gasteiger charge is -2.11. The number of para-hydroxylation sites is 1. The summed E-state index contributed by atoms with van der Waals surface area (Å²) in [5.74, 6) is 1.90. The first-order valence-electron chi connectivity index (χ1n) is 18.5. The summed E-state index contributed by atoms with van der Waals surface area (Å²) in [6.45, 7) is 0. The highest BCUT2D eigenvalue weighted by Crippen LogP contribution is 2.38. The summed E-state index contributed by atoms with van der Waals surface area (Å²) in [5, 5.41) is 9.29. The highest BCUT2D eigenvalue weighted by atomic mass is 16.3. The van der Waals surface area contributed by atoms with Crippen molar-refractivity contribution in [3.05, 3.63) is 188 Å². The van der Waals surface area contributed by atoms with Crippen LogP contribution in [0.15, 0.2) is 192 Å². The first-order valence-corrected chi connectivity index (χ1v) is 18.5. The molecule has 0 radical (unpaired) electrons. The van der Waals surface area contributed by atoms with Gasteiger partial charge in [0.2, 0.25) is 0 Å². The maximum atomic E-state index is 6.19. The Labute approximate surface area is 317 Å². The fourth-order valence-corrected chi connectivity index (χ4v) is 7.84. The van der Waals surface area contributed by atoms with Gasteiger partial charge in [-0.1, -0.05) is 152 Å². The second-order valence-corrected chi connectivity index (χ2v) is 14.1. The lowest BCUT2D eigenvalue weighted by Crippen LogP contribution is -2.00. The van der Waals surface area contributed by atoms with Crippen molar-refractivity contribution in [2.24, 2.45) is 0 Å². The summed E-state index contributed by atoms with van der Waals surface area (Å²) in [5.41, 5.74) is 9.22. The molecule has 256 valence electrons. The van der Waals surface area contributed by atoms with Crippen LogP contribution in [0.5, 0.6) is 0 Å². The maximum Gasteiger partial charge on any atom is 0.164 e. The second-order valence-electron chi connectivity index (χ2n) is 14.1. The average Bonchev–Trinajstić information content (AvgIpc) is 3.65. The molecule has 4 heteroatoms. The molecule has 0 bridgehead atoms.